The molecule has 104 valence electrons. The fourth-order valence-electron chi connectivity index (χ4n) is 2.14. The monoisotopic (exact) mass is 270 g/mol. The fraction of sp³-hybridized carbons (Fsp3) is 0.467. The van der Waals surface area contributed by atoms with E-state index in [2.05, 4.69) is 35.4 Å². The number of hydrogen-bond donors (Lipinski definition) is 1. The molecule has 2 amide bonds. The van der Waals surface area contributed by atoms with Gasteiger partial charge in [0.2, 0.25) is 0 Å². The van der Waals surface area contributed by atoms with Gasteiger partial charge in [-0.3, -0.25) is 10.3 Å². The van der Waals surface area contributed by atoms with E-state index < -0.39 is 0 Å². The van der Waals surface area contributed by atoms with Gasteiger partial charge in [-0.1, -0.05) is 18.6 Å². The van der Waals surface area contributed by atoms with Gasteiger partial charge in [0, 0.05) is 12.5 Å². The summed E-state index contributed by atoms with van der Waals surface area (Å²) >= 11 is 0. The van der Waals surface area contributed by atoms with Crippen molar-refractivity contribution in [1.29, 1.82) is 0 Å². The lowest BCUT2D eigenvalue weighted by Crippen LogP contribution is -2.50. The van der Waals surface area contributed by atoms with Crippen LogP contribution in [0.5, 0.6) is 0 Å². The zero-order valence-electron chi connectivity index (χ0n) is 11.4. The second kappa shape index (κ2) is 5.04. The first kappa shape index (κ1) is 12.8. The van der Waals surface area contributed by atoms with E-state index in [1.807, 2.05) is 0 Å². The molecule has 0 saturated heterocycles. The first-order valence-electron chi connectivity index (χ1n) is 6.97. The number of hydrogen-bond acceptors (Lipinski definition) is 3. The van der Waals surface area contributed by atoms with E-state index in [1.54, 1.807) is 16.0 Å². The lowest BCUT2D eigenvalue weighted by atomic mass is 10.4. The second-order valence-corrected chi connectivity index (χ2v) is 5.27. The summed E-state index contributed by atoms with van der Waals surface area (Å²) in [6.07, 6.45) is 6.43. The highest BCUT2D eigenvalue weighted by Crippen LogP contribution is 2.34. The van der Waals surface area contributed by atoms with Gasteiger partial charge in [0.05, 0.1) is 6.04 Å². The normalized spacial score (nSPS) is 22.5. The first-order valence-corrected chi connectivity index (χ1v) is 6.97. The molecule has 2 fully saturated rings. The first-order chi connectivity index (χ1) is 9.70. The molecule has 1 N–H and O–H groups in total. The van der Waals surface area contributed by atoms with E-state index in [1.165, 1.54) is 0 Å². The number of carbonyl (C=O) groups excluding carboxylic acids is 1. The third-order valence-corrected chi connectivity index (χ3v) is 3.43. The minimum atomic E-state index is -0.0516. The van der Waals surface area contributed by atoms with Crippen LogP contribution in [0.4, 0.5) is 4.79 Å². The minimum Gasteiger partial charge on any atom is -0.274 e. The summed E-state index contributed by atoms with van der Waals surface area (Å²) in [6, 6.07) is 0.451. The quantitative estimate of drug-likeness (QED) is 0.630. The number of urea groups is 1. The lowest BCUT2D eigenvalue weighted by molar-refractivity contribution is 0.151. The molecule has 0 aromatic carbocycles. The number of nitrogens with zero attached hydrogens (tertiary/aromatic N) is 3. The molecule has 5 nitrogen and oxygen atoms in total. The van der Waals surface area contributed by atoms with Crippen molar-refractivity contribution in [1.82, 2.24) is 15.3 Å². The zero-order chi connectivity index (χ0) is 14.1. The molecule has 5 heteroatoms. The number of nitrogens with one attached hydrogen (secondary N) is 1. The smallest absolute Gasteiger partial charge is 0.274 e. The number of hydrazine groups is 1. The van der Waals surface area contributed by atoms with Crippen molar-refractivity contribution in [3.05, 3.63) is 25.1 Å². The van der Waals surface area contributed by atoms with Gasteiger partial charge in [0.15, 0.2) is 5.84 Å². The van der Waals surface area contributed by atoms with Crippen LogP contribution in [0.25, 0.3) is 0 Å². The second-order valence-electron chi connectivity index (χ2n) is 5.27. The topological polar surface area (TPSA) is 47.9 Å². The van der Waals surface area contributed by atoms with E-state index in [9.17, 15) is 4.79 Å². The molecule has 0 aromatic rings. The fourth-order valence-corrected chi connectivity index (χ4v) is 2.14. The van der Waals surface area contributed by atoms with Crippen LogP contribution in [0, 0.1) is 11.8 Å². The predicted octanol–water partition coefficient (Wildman–Crippen LogP) is 2.00. The molecule has 3 rings (SSSR count). The number of amides is 2. The SMILES string of the molecule is C=CCC#CC1=NC(=C)N(C2CC2)C(=O)N(C2CC2)N1. The Hall–Kier alpha value is -2.22. The van der Waals surface area contributed by atoms with Crippen LogP contribution in [0.15, 0.2) is 30.0 Å². The number of allylic oxidation sites excluding steroid dienone is 1. The molecule has 0 spiro atoms. The largest absolute Gasteiger partial charge is 0.344 e. The summed E-state index contributed by atoms with van der Waals surface area (Å²) in [6.45, 7) is 7.56. The van der Waals surface area contributed by atoms with Crippen LogP contribution in [0.1, 0.15) is 32.1 Å². The van der Waals surface area contributed by atoms with Gasteiger partial charge in [-0.2, -0.15) is 0 Å². The Balaban J connectivity index is 1.86. The van der Waals surface area contributed by atoms with Gasteiger partial charge in [0.1, 0.15) is 5.82 Å². The van der Waals surface area contributed by atoms with Crippen LogP contribution >= 0.6 is 0 Å². The molecule has 0 bridgehead atoms. The number of carbonyl (C=O) groups is 1. The summed E-state index contributed by atoms with van der Waals surface area (Å²) in [5, 5.41) is 1.66. The Kier molecular flexibility index (Phi) is 3.23. The molecule has 20 heavy (non-hydrogen) atoms. The van der Waals surface area contributed by atoms with Crippen LogP contribution in [0.3, 0.4) is 0 Å². The number of rotatable bonds is 3. The molecule has 0 radical (unpaired) electrons. The third-order valence-electron chi connectivity index (χ3n) is 3.43. The highest BCUT2D eigenvalue weighted by molar-refractivity contribution is 6.01. The van der Waals surface area contributed by atoms with Gasteiger partial charge in [-0.15, -0.1) is 6.58 Å². The summed E-state index contributed by atoms with van der Waals surface area (Å²) in [7, 11) is 0. The van der Waals surface area contributed by atoms with Crippen molar-refractivity contribution >= 4 is 11.9 Å². The predicted molar refractivity (Wildman–Crippen MR) is 77.4 cm³/mol. The molecule has 0 atom stereocenters. The van der Waals surface area contributed by atoms with Gasteiger partial charge in [0.25, 0.3) is 0 Å². The Morgan fingerprint density at radius 2 is 2.05 bits per heavy atom. The van der Waals surface area contributed by atoms with Gasteiger partial charge >= 0.3 is 6.03 Å². The van der Waals surface area contributed by atoms with Crippen LogP contribution in [0.2, 0.25) is 0 Å². The Bertz CT molecular complexity index is 546. The summed E-state index contributed by atoms with van der Waals surface area (Å²) in [4.78, 5) is 18.7. The van der Waals surface area contributed by atoms with Gasteiger partial charge in [-0.25, -0.2) is 14.8 Å². The molecular formula is C15H18N4O. The molecule has 2 aliphatic carbocycles. The molecule has 3 aliphatic rings. The maximum Gasteiger partial charge on any atom is 0.344 e. The van der Waals surface area contributed by atoms with Crippen LogP contribution < -0.4 is 5.43 Å². The Morgan fingerprint density at radius 1 is 1.35 bits per heavy atom. The number of amidine groups is 1. The molecular weight excluding hydrogens is 252 g/mol. The van der Waals surface area contributed by atoms with E-state index in [-0.39, 0.29) is 18.1 Å². The van der Waals surface area contributed by atoms with Crippen LogP contribution in [-0.4, -0.2) is 33.9 Å². The highest BCUT2D eigenvalue weighted by Gasteiger charge is 2.43. The average molecular weight is 270 g/mol. The minimum absolute atomic E-state index is 0.0516. The molecule has 0 unspecified atom stereocenters. The standard InChI is InChI=1S/C15H18N4O/c1-3-4-5-6-14-16-11(2)18(12-7-8-12)15(20)19(17-14)13-9-10-13/h3,12-13H,1-2,4,7-10H2,(H,16,17). The van der Waals surface area contributed by atoms with E-state index in [0.29, 0.717) is 18.1 Å². The van der Waals surface area contributed by atoms with Crippen molar-refractivity contribution in [2.45, 2.75) is 44.2 Å². The zero-order valence-corrected chi connectivity index (χ0v) is 11.4. The molecule has 1 aliphatic heterocycles. The molecule has 1 heterocycles. The van der Waals surface area contributed by atoms with E-state index in [0.717, 1.165) is 25.7 Å². The van der Waals surface area contributed by atoms with E-state index in [4.69, 9.17) is 0 Å². The van der Waals surface area contributed by atoms with Crippen molar-refractivity contribution < 1.29 is 4.79 Å². The van der Waals surface area contributed by atoms with Crippen molar-refractivity contribution in [2.24, 2.45) is 4.99 Å². The summed E-state index contributed by atoms with van der Waals surface area (Å²) in [5.74, 6) is 6.86. The third kappa shape index (κ3) is 2.55. The van der Waals surface area contributed by atoms with Crippen molar-refractivity contribution in [2.75, 3.05) is 0 Å². The lowest BCUT2D eigenvalue weighted by Gasteiger charge is -2.27. The van der Waals surface area contributed by atoms with Crippen molar-refractivity contribution in [3.63, 3.8) is 0 Å². The summed E-state index contributed by atoms with van der Waals surface area (Å²) < 4.78 is 0. The Morgan fingerprint density at radius 3 is 2.65 bits per heavy atom. The van der Waals surface area contributed by atoms with Crippen molar-refractivity contribution in [3.8, 4) is 11.8 Å². The number of aliphatic imine (C=N–C) groups is 1. The van der Waals surface area contributed by atoms with Gasteiger partial charge < -0.3 is 0 Å². The van der Waals surface area contributed by atoms with E-state index >= 15 is 0 Å². The highest BCUT2D eigenvalue weighted by atomic mass is 16.2. The maximum atomic E-state index is 12.6. The summed E-state index contributed by atoms with van der Waals surface area (Å²) in [5.41, 5.74) is 3.05. The van der Waals surface area contributed by atoms with Crippen LogP contribution in [-0.2, 0) is 0 Å². The van der Waals surface area contributed by atoms with Gasteiger partial charge in [-0.05, 0) is 31.6 Å². The molecule has 0 aromatic heterocycles. The average Bonchev–Trinajstić information content (AvgIpc) is 3.26. The Labute approximate surface area is 119 Å². The maximum absolute atomic E-state index is 12.6. The molecule has 2 saturated carbocycles.